The first-order valence-electron chi connectivity index (χ1n) is 7.69. The number of benzene rings is 2. The summed E-state index contributed by atoms with van der Waals surface area (Å²) in [7, 11) is 3.04. The molecule has 138 valence electrons. The minimum Gasteiger partial charge on any atom is -0.493 e. The summed E-state index contributed by atoms with van der Waals surface area (Å²) < 4.78 is 34.1. The molecule has 0 aliphatic carbocycles. The maximum absolute atomic E-state index is 12.3. The summed E-state index contributed by atoms with van der Waals surface area (Å²) in [5.74, 6) is -0.105. The van der Waals surface area contributed by atoms with Gasteiger partial charge in [-0.15, -0.1) is 0 Å². The number of rotatable bonds is 7. The fourth-order valence-electron chi connectivity index (χ4n) is 2.22. The Labute approximate surface area is 155 Å². The highest BCUT2D eigenvalue weighted by Crippen LogP contribution is 2.29. The molecule has 0 radical (unpaired) electrons. The number of hydrogen-bond acceptors (Lipinski definition) is 3. The molecule has 7 heteroatoms. The minimum atomic E-state index is -2.94. The Bertz CT molecular complexity index is 779. The molecule has 0 bridgehead atoms. The monoisotopic (exact) mass is 381 g/mol. The Hall–Kier alpha value is -2.60. The summed E-state index contributed by atoms with van der Waals surface area (Å²) in [6.45, 7) is -2.50. The van der Waals surface area contributed by atoms with Crippen LogP contribution in [0.15, 0.2) is 48.5 Å². The third-order valence-electron chi connectivity index (χ3n) is 3.53. The van der Waals surface area contributed by atoms with E-state index in [1.165, 1.54) is 25.3 Å². The molecule has 2 aromatic rings. The summed E-state index contributed by atoms with van der Waals surface area (Å²) >= 11 is 5.84. The molecule has 0 heterocycles. The molecular formula is C19H18ClF2NO3. The first kappa shape index (κ1) is 19.7. The van der Waals surface area contributed by atoms with Gasteiger partial charge in [-0.25, -0.2) is 0 Å². The van der Waals surface area contributed by atoms with Crippen molar-refractivity contribution in [3.8, 4) is 11.5 Å². The maximum Gasteiger partial charge on any atom is 0.387 e. The lowest BCUT2D eigenvalue weighted by atomic mass is 10.1. The van der Waals surface area contributed by atoms with Gasteiger partial charge in [0.15, 0.2) is 11.5 Å². The molecule has 0 N–H and O–H groups in total. The fourth-order valence-corrected chi connectivity index (χ4v) is 2.34. The van der Waals surface area contributed by atoms with E-state index < -0.39 is 6.61 Å². The molecule has 0 saturated heterocycles. The molecule has 0 unspecified atom stereocenters. The molecule has 2 aromatic carbocycles. The number of ether oxygens (including phenoxy) is 2. The van der Waals surface area contributed by atoms with Gasteiger partial charge in [-0.3, -0.25) is 4.79 Å². The third-order valence-corrected chi connectivity index (χ3v) is 3.78. The van der Waals surface area contributed by atoms with Crippen LogP contribution in [0.25, 0.3) is 6.08 Å². The number of alkyl halides is 2. The van der Waals surface area contributed by atoms with Crippen LogP contribution in [0, 0.1) is 0 Å². The summed E-state index contributed by atoms with van der Waals surface area (Å²) in [6, 6.07) is 11.7. The second-order valence-corrected chi connectivity index (χ2v) is 5.88. The summed E-state index contributed by atoms with van der Waals surface area (Å²) in [4.78, 5) is 13.8. The second kappa shape index (κ2) is 9.20. The van der Waals surface area contributed by atoms with E-state index in [0.717, 1.165) is 5.56 Å². The zero-order chi connectivity index (χ0) is 19.1. The number of carbonyl (C=O) groups is 1. The van der Waals surface area contributed by atoms with Crippen molar-refractivity contribution < 1.29 is 23.0 Å². The molecule has 0 fully saturated rings. The Balaban J connectivity index is 2.03. The molecule has 0 saturated carbocycles. The van der Waals surface area contributed by atoms with Crippen LogP contribution in [0.5, 0.6) is 11.5 Å². The minimum absolute atomic E-state index is 0.0640. The standard InChI is InChI=1S/C19H18ClF2NO3/c1-23(12-14-3-7-15(20)8-4-14)18(24)10-6-13-5-9-16(26-19(21)22)17(11-13)25-2/h3-11,19H,12H2,1-2H3. The Morgan fingerprint density at radius 3 is 2.50 bits per heavy atom. The van der Waals surface area contributed by atoms with Crippen LogP contribution in [0.4, 0.5) is 8.78 Å². The van der Waals surface area contributed by atoms with E-state index in [1.54, 1.807) is 36.2 Å². The van der Waals surface area contributed by atoms with Gasteiger partial charge in [-0.2, -0.15) is 8.78 Å². The van der Waals surface area contributed by atoms with Crippen LogP contribution >= 0.6 is 11.6 Å². The second-order valence-electron chi connectivity index (χ2n) is 5.44. The zero-order valence-corrected chi connectivity index (χ0v) is 15.0. The van der Waals surface area contributed by atoms with E-state index in [2.05, 4.69) is 4.74 Å². The van der Waals surface area contributed by atoms with Crippen LogP contribution in [-0.4, -0.2) is 31.6 Å². The van der Waals surface area contributed by atoms with E-state index in [1.807, 2.05) is 12.1 Å². The zero-order valence-electron chi connectivity index (χ0n) is 14.3. The number of likely N-dealkylation sites (N-methyl/N-ethyl adjacent to an activating group) is 1. The lowest BCUT2D eigenvalue weighted by Crippen LogP contribution is -2.24. The topological polar surface area (TPSA) is 38.8 Å². The van der Waals surface area contributed by atoms with E-state index in [0.29, 0.717) is 17.1 Å². The highest BCUT2D eigenvalue weighted by molar-refractivity contribution is 6.30. The summed E-state index contributed by atoms with van der Waals surface area (Å²) in [6.07, 6.45) is 2.98. The normalized spacial score (nSPS) is 11.0. The van der Waals surface area contributed by atoms with Crippen molar-refractivity contribution in [2.24, 2.45) is 0 Å². The predicted octanol–water partition coefficient (Wildman–Crippen LogP) is 4.62. The van der Waals surface area contributed by atoms with Crippen LogP contribution in [-0.2, 0) is 11.3 Å². The average Bonchev–Trinajstić information content (AvgIpc) is 2.62. The van der Waals surface area contributed by atoms with Gasteiger partial charge >= 0.3 is 6.61 Å². The first-order valence-corrected chi connectivity index (χ1v) is 8.07. The van der Waals surface area contributed by atoms with Crippen molar-refractivity contribution >= 4 is 23.6 Å². The highest BCUT2D eigenvalue weighted by atomic mass is 35.5. The van der Waals surface area contributed by atoms with Gasteiger partial charge in [-0.1, -0.05) is 29.8 Å². The molecule has 4 nitrogen and oxygen atoms in total. The predicted molar refractivity (Wildman–Crippen MR) is 96.6 cm³/mol. The van der Waals surface area contributed by atoms with Gasteiger partial charge in [0.25, 0.3) is 0 Å². The SMILES string of the molecule is COc1cc(C=CC(=O)N(C)Cc2ccc(Cl)cc2)ccc1OC(F)F. The Morgan fingerprint density at radius 2 is 1.88 bits per heavy atom. The fraction of sp³-hybridized carbons (Fsp3) is 0.211. The van der Waals surface area contributed by atoms with Crippen LogP contribution in [0.2, 0.25) is 5.02 Å². The average molecular weight is 382 g/mol. The number of hydrogen-bond donors (Lipinski definition) is 0. The lowest BCUT2D eigenvalue weighted by molar-refractivity contribution is -0.125. The molecule has 2 rings (SSSR count). The molecule has 0 aromatic heterocycles. The van der Waals surface area contributed by atoms with Gasteiger partial charge in [0, 0.05) is 24.7 Å². The number of halogens is 3. The first-order chi connectivity index (χ1) is 12.4. The number of nitrogens with zero attached hydrogens (tertiary/aromatic N) is 1. The molecule has 0 aliphatic rings. The van der Waals surface area contributed by atoms with Gasteiger partial charge in [0.05, 0.1) is 7.11 Å². The number of carbonyl (C=O) groups excluding carboxylic acids is 1. The van der Waals surface area contributed by atoms with Crippen molar-refractivity contribution in [3.05, 3.63) is 64.7 Å². The number of amides is 1. The maximum atomic E-state index is 12.3. The van der Waals surface area contributed by atoms with Crippen molar-refractivity contribution in [2.45, 2.75) is 13.2 Å². The quantitative estimate of drug-likeness (QED) is 0.657. The van der Waals surface area contributed by atoms with Gasteiger partial charge in [-0.05, 0) is 41.5 Å². The van der Waals surface area contributed by atoms with Crippen LogP contribution in [0.3, 0.4) is 0 Å². The highest BCUT2D eigenvalue weighted by Gasteiger charge is 2.11. The van der Waals surface area contributed by atoms with Gasteiger partial charge in [0.1, 0.15) is 0 Å². The molecule has 1 amide bonds. The van der Waals surface area contributed by atoms with Crippen LogP contribution < -0.4 is 9.47 Å². The van der Waals surface area contributed by atoms with Crippen LogP contribution in [0.1, 0.15) is 11.1 Å². The van der Waals surface area contributed by atoms with E-state index in [9.17, 15) is 13.6 Å². The Morgan fingerprint density at radius 1 is 1.19 bits per heavy atom. The number of methoxy groups -OCH3 is 1. The van der Waals surface area contributed by atoms with Crippen molar-refractivity contribution in [1.29, 1.82) is 0 Å². The largest absolute Gasteiger partial charge is 0.493 e. The van der Waals surface area contributed by atoms with Gasteiger partial charge < -0.3 is 14.4 Å². The van der Waals surface area contributed by atoms with Gasteiger partial charge in [0.2, 0.25) is 5.91 Å². The summed E-state index contributed by atoms with van der Waals surface area (Å²) in [5.41, 5.74) is 1.57. The van der Waals surface area contributed by atoms with Crippen molar-refractivity contribution in [1.82, 2.24) is 4.90 Å². The third kappa shape index (κ3) is 5.74. The molecular weight excluding hydrogens is 364 g/mol. The molecule has 0 atom stereocenters. The Kier molecular flexibility index (Phi) is 6.97. The molecule has 26 heavy (non-hydrogen) atoms. The summed E-state index contributed by atoms with van der Waals surface area (Å²) in [5, 5.41) is 0.635. The smallest absolute Gasteiger partial charge is 0.387 e. The van der Waals surface area contributed by atoms with E-state index >= 15 is 0 Å². The van der Waals surface area contributed by atoms with E-state index in [-0.39, 0.29) is 17.4 Å². The lowest BCUT2D eigenvalue weighted by Gasteiger charge is -2.15. The van der Waals surface area contributed by atoms with E-state index in [4.69, 9.17) is 16.3 Å². The van der Waals surface area contributed by atoms with Crippen molar-refractivity contribution in [3.63, 3.8) is 0 Å². The van der Waals surface area contributed by atoms with Crippen molar-refractivity contribution in [2.75, 3.05) is 14.2 Å². The molecule has 0 spiro atoms. The molecule has 0 aliphatic heterocycles.